The van der Waals surface area contributed by atoms with E-state index in [1.807, 2.05) is 0 Å². The molecule has 2 aliphatic heterocycles. The van der Waals surface area contributed by atoms with Gasteiger partial charge in [-0.05, 0) is 0 Å². The highest BCUT2D eigenvalue weighted by atomic mass is 16.7. The van der Waals surface area contributed by atoms with E-state index < -0.39 is 74.1 Å². The molecule has 2 fully saturated rings. The molecule has 2 aliphatic rings. The van der Waals surface area contributed by atoms with Crippen molar-refractivity contribution >= 4 is 0 Å². The van der Waals surface area contributed by atoms with Gasteiger partial charge in [0.15, 0.2) is 6.29 Å². The number of hydrogen-bond donors (Lipinski definition) is 8. The lowest BCUT2D eigenvalue weighted by molar-refractivity contribution is -0.389. The molecule has 1 aromatic carbocycles. The maximum Gasteiger partial charge on any atom is 0.222 e. The van der Waals surface area contributed by atoms with Crippen molar-refractivity contribution in [3.63, 3.8) is 0 Å². The van der Waals surface area contributed by atoms with E-state index in [1.54, 1.807) is 0 Å². The molecule has 8 N–H and O–H groups in total. The Morgan fingerprint density at radius 3 is 2.24 bits per heavy atom. The lowest BCUT2D eigenvalue weighted by Crippen LogP contribution is -2.67. The van der Waals surface area contributed by atoms with Gasteiger partial charge in [0.1, 0.15) is 48.8 Å². The molecule has 29 heavy (non-hydrogen) atoms. The Bertz CT molecular complexity index is 719. The summed E-state index contributed by atoms with van der Waals surface area (Å²) in [5, 5.41) is 80.8. The zero-order chi connectivity index (χ0) is 22.2. The zero-order valence-corrected chi connectivity index (χ0v) is 15.2. The van der Waals surface area contributed by atoms with Gasteiger partial charge in [-0.15, -0.1) is 0 Å². The standard InChI is InChI=1S/C18H26O11/c19-6-9-11(21)12(22)13(23)17(27-9)28-15-10(7-20)29-18(26,16(25)14(15)24)8-4-2-1-3-5-8/h1-5,9-17,19-26H,6-7H2/t9-,10-,11+,12+,13-,14+,15-,16-,17+,18?/m1/s1/i4D. The van der Waals surface area contributed by atoms with Crippen molar-refractivity contribution in [3.05, 3.63) is 35.9 Å². The second-order valence-corrected chi connectivity index (χ2v) is 7.04. The van der Waals surface area contributed by atoms with E-state index in [0.717, 1.165) is 0 Å². The van der Waals surface area contributed by atoms with Crippen LogP contribution in [0.25, 0.3) is 0 Å². The van der Waals surface area contributed by atoms with Gasteiger partial charge in [-0.25, -0.2) is 0 Å². The normalized spacial score (nSPS) is 46.3. The lowest BCUT2D eigenvalue weighted by atomic mass is 9.88. The molecule has 0 amide bonds. The Balaban J connectivity index is 1.85. The summed E-state index contributed by atoms with van der Waals surface area (Å²) in [5.41, 5.74) is -0.152. The topological polar surface area (TPSA) is 190 Å². The maximum absolute atomic E-state index is 10.9. The maximum atomic E-state index is 10.9. The van der Waals surface area contributed by atoms with Crippen LogP contribution in [-0.2, 0) is 20.0 Å². The Morgan fingerprint density at radius 1 is 0.931 bits per heavy atom. The fraction of sp³-hybridized carbons (Fsp3) is 0.667. The Morgan fingerprint density at radius 2 is 1.62 bits per heavy atom. The fourth-order valence-electron chi connectivity index (χ4n) is 3.48. The molecule has 0 aliphatic carbocycles. The smallest absolute Gasteiger partial charge is 0.222 e. The first-order chi connectivity index (χ1) is 14.2. The number of ether oxygens (including phenoxy) is 3. The van der Waals surface area contributed by atoms with E-state index in [0.29, 0.717) is 0 Å². The molecule has 2 heterocycles. The summed E-state index contributed by atoms with van der Waals surface area (Å²) >= 11 is 0. The van der Waals surface area contributed by atoms with Crippen molar-refractivity contribution < 1.29 is 56.4 Å². The fourth-order valence-corrected chi connectivity index (χ4v) is 3.48. The van der Waals surface area contributed by atoms with Crippen LogP contribution in [0, 0.1) is 0 Å². The second-order valence-electron chi connectivity index (χ2n) is 7.04. The predicted octanol–water partition coefficient (Wildman–Crippen LogP) is -3.87. The third-order valence-corrected chi connectivity index (χ3v) is 5.17. The largest absolute Gasteiger partial charge is 0.394 e. The van der Waals surface area contributed by atoms with Crippen LogP contribution in [0.3, 0.4) is 0 Å². The molecule has 1 aromatic rings. The highest BCUT2D eigenvalue weighted by Gasteiger charge is 2.56. The molecule has 0 radical (unpaired) electrons. The summed E-state index contributed by atoms with van der Waals surface area (Å²) in [6.45, 7) is -1.50. The van der Waals surface area contributed by atoms with Crippen LogP contribution in [0.15, 0.2) is 30.3 Å². The van der Waals surface area contributed by atoms with Crippen molar-refractivity contribution in [2.75, 3.05) is 13.2 Å². The van der Waals surface area contributed by atoms with Gasteiger partial charge in [0.25, 0.3) is 0 Å². The summed E-state index contributed by atoms with van der Waals surface area (Å²) in [5.74, 6) is -2.54. The summed E-state index contributed by atoms with van der Waals surface area (Å²) in [7, 11) is 0. The average Bonchev–Trinajstić information content (AvgIpc) is 2.74. The summed E-state index contributed by atoms with van der Waals surface area (Å²) in [6, 6.07) is 5.47. The van der Waals surface area contributed by atoms with Crippen LogP contribution >= 0.6 is 0 Å². The minimum atomic E-state index is -2.54. The van der Waals surface area contributed by atoms with E-state index >= 15 is 0 Å². The first kappa shape index (κ1) is 21.0. The first-order valence-electron chi connectivity index (χ1n) is 9.55. The third kappa shape index (κ3) is 4.04. The van der Waals surface area contributed by atoms with E-state index in [4.69, 9.17) is 15.6 Å². The van der Waals surface area contributed by atoms with Crippen LogP contribution in [0.1, 0.15) is 6.93 Å². The van der Waals surface area contributed by atoms with Crippen molar-refractivity contribution in [3.8, 4) is 0 Å². The van der Waals surface area contributed by atoms with Crippen molar-refractivity contribution in [1.29, 1.82) is 0 Å². The Labute approximate surface area is 167 Å². The van der Waals surface area contributed by atoms with E-state index in [1.165, 1.54) is 24.3 Å². The van der Waals surface area contributed by atoms with E-state index in [2.05, 4.69) is 0 Å². The number of aliphatic hydroxyl groups excluding tert-OH is 7. The molecule has 0 aromatic heterocycles. The second kappa shape index (κ2) is 8.88. The van der Waals surface area contributed by atoms with Crippen molar-refractivity contribution in [2.24, 2.45) is 0 Å². The van der Waals surface area contributed by atoms with Crippen LogP contribution in [0.5, 0.6) is 0 Å². The predicted molar refractivity (Wildman–Crippen MR) is 93.0 cm³/mol. The van der Waals surface area contributed by atoms with Gasteiger partial charge in [0.2, 0.25) is 5.79 Å². The zero-order valence-electron chi connectivity index (χ0n) is 16.2. The van der Waals surface area contributed by atoms with E-state index in [-0.39, 0.29) is 11.6 Å². The minimum absolute atomic E-state index is 0.152. The number of hydrogen-bond acceptors (Lipinski definition) is 11. The molecular formula is C18H26O11. The molecule has 3 rings (SSSR count). The van der Waals surface area contributed by atoms with Gasteiger partial charge in [0, 0.05) is 5.56 Å². The van der Waals surface area contributed by atoms with Crippen molar-refractivity contribution in [2.45, 2.75) is 60.9 Å². The SMILES string of the molecule is [2H]c1ccccc1C1(O)O[C@H](CO)[C@@H](O[C@@H]2O[C@H](CO)[C@H](O)[C@H](O)[C@H]2O)[C@H](O)[C@H]1O. The lowest BCUT2D eigenvalue weighted by Gasteiger charge is -2.49. The minimum Gasteiger partial charge on any atom is -0.394 e. The van der Waals surface area contributed by atoms with Gasteiger partial charge in [0.05, 0.1) is 14.6 Å². The first-order valence-corrected chi connectivity index (χ1v) is 9.05. The summed E-state index contributed by atoms with van der Waals surface area (Å²) < 4.78 is 24.0. The number of benzene rings is 1. The average molecular weight is 419 g/mol. The Hall–Kier alpha value is -1.22. The molecule has 11 heteroatoms. The third-order valence-electron chi connectivity index (χ3n) is 5.17. The van der Waals surface area contributed by atoms with Crippen LogP contribution in [0.4, 0.5) is 0 Å². The van der Waals surface area contributed by atoms with Crippen LogP contribution in [-0.4, -0.2) is 109 Å². The number of rotatable bonds is 5. The van der Waals surface area contributed by atoms with Gasteiger partial charge in [-0.3, -0.25) is 0 Å². The molecule has 11 nitrogen and oxygen atoms in total. The highest BCUT2D eigenvalue weighted by molar-refractivity contribution is 5.23. The van der Waals surface area contributed by atoms with Gasteiger partial charge >= 0.3 is 0 Å². The molecule has 1 unspecified atom stereocenters. The Kier molecular flexibility index (Phi) is 6.44. The van der Waals surface area contributed by atoms with Gasteiger partial charge < -0.3 is 55.1 Å². The quantitative estimate of drug-likeness (QED) is 0.233. The molecule has 0 spiro atoms. The molecule has 0 bridgehead atoms. The van der Waals surface area contributed by atoms with Crippen LogP contribution in [0.2, 0.25) is 0 Å². The van der Waals surface area contributed by atoms with Crippen molar-refractivity contribution in [1.82, 2.24) is 0 Å². The molecule has 2 saturated heterocycles. The monoisotopic (exact) mass is 419 g/mol. The number of aliphatic hydroxyl groups is 8. The summed E-state index contributed by atoms with van der Waals surface area (Å²) in [6.07, 6.45) is -15.0. The van der Waals surface area contributed by atoms with Gasteiger partial charge in [-0.1, -0.05) is 30.3 Å². The molecule has 164 valence electrons. The molecule has 10 atom stereocenters. The van der Waals surface area contributed by atoms with E-state index in [9.17, 15) is 40.9 Å². The molecular weight excluding hydrogens is 392 g/mol. The summed E-state index contributed by atoms with van der Waals surface area (Å²) in [4.78, 5) is 0. The van der Waals surface area contributed by atoms with Gasteiger partial charge in [-0.2, -0.15) is 0 Å². The molecule has 0 saturated carbocycles. The van der Waals surface area contributed by atoms with Crippen LogP contribution < -0.4 is 0 Å². The highest BCUT2D eigenvalue weighted by Crippen LogP contribution is 2.38.